The second-order valence-corrected chi connectivity index (χ2v) is 8.48. The van der Waals surface area contributed by atoms with Gasteiger partial charge >= 0.3 is 0 Å². The predicted molar refractivity (Wildman–Crippen MR) is 123 cm³/mol. The largest absolute Gasteiger partial charge is 0.506 e. The van der Waals surface area contributed by atoms with Crippen molar-refractivity contribution in [3.8, 4) is 5.75 Å². The van der Waals surface area contributed by atoms with Gasteiger partial charge in [0.2, 0.25) is 0 Å². The van der Waals surface area contributed by atoms with Gasteiger partial charge in [-0.05, 0) is 72.5 Å². The maximum Gasteiger partial charge on any atom is 0.134 e. The lowest BCUT2D eigenvalue weighted by Gasteiger charge is -2.27. The van der Waals surface area contributed by atoms with E-state index in [1.807, 2.05) is 13.0 Å². The van der Waals surface area contributed by atoms with Gasteiger partial charge in [0.1, 0.15) is 5.75 Å². The Morgan fingerprint density at radius 1 is 0.967 bits per heavy atom. The molecule has 1 fully saturated rings. The molecule has 4 nitrogen and oxygen atoms in total. The highest BCUT2D eigenvalue weighted by molar-refractivity contribution is 6.32. The van der Waals surface area contributed by atoms with Gasteiger partial charge in [-0.25, -0.2) is 0 Å². The molecule has 1 aliphatic heterocycles. The minimum Gasteiger partial charge on any atom is -0.506 e. The summed E-state index contributed by atoms with van der Waals surface area (Å²) in [5, 5.41) is 21.4. The van der Waals surface area contributed by atoms with Gasteiger partial charge in [-0.15, -0.1) is 0 Å². The molecule has 0 amide bonds. The summed E-state index contributed by atoms with van der Waals surface area (Å²) in [4.78, 5) is 2.56. The Labute approximate surface area is 183 Å². The molecule has 0 spiro atoms. The maximum atomic E-state index is 9.59. The number of azo groups is 1. The first-order valence-electron chi connectivity index (χ1n) is 10.7. The molecule has 0 aromatic heterocycles. The second-order valence-electron chi connectivity index (χ2n) is 8.07. The number of piperidine rings is 1. The fourth-order valence-corrected chi connectivity index (χ4v) is 4.34. The van der Waals surface area contributed by atoms with Crippen molar-refractivity contribution >= 4 is 22.4 Å². The van der Waals surface area contributed by atoms with Gasteiger partial charge in [0.05, 0.1) is 17.6 Å². The summed E-state index contributed by atoms with van der Waals surface area (Å²) in [5.74, 6) is 0.0840. The van der Waals surface area contributed by atoms with Crippen LogP contribution in [0.4, 0.5) is 0 Å². The van der Waals surface area contributed by atoms with Crippen LogP contribution < -0.4 is 0 Å². The minimum atomic E-state index is -0.118. The number of benzene rings is 3. The molecule has 0 radical (unpaired) electrons. The summed E-state index contributed by atoms with van der Waals surface area (Å²) in [7, 11) is 0. The van der Waals surface area contributed by atoms with Crippen LogP contribution in [0.1, 0.15) is 48.9 Å². The van der Waals surface area contributed by atoms with Crippen molar-refractivity contribution in [3.05, 3.63) is 76.3 Å². The third kappa shape index (κ3) is 4.82. The van der Waals surface area contributed by atoms with E-state index in [2.05, 4.69) is 51.5 Å². The Balaban J connectivity index is 1.50. The first-order chi connectivity index (χ1) is 14.6. The summed E-state index contributed by atoms with van der Waals surface area (Å²) in [5.41, 5.74) is 3.51. The van der Waals surface area contributed by atoms with Crippen LogP contribution in [0.25, 0.3) is 10.8 Å². The van der Waals surface area contributed by atoms with Gasteiger partial charge in [0, 0.05) is 6.54 Å². The Morgan fingerprint density at radius 2 is 1.67 bits per heavy atom. The molecule has 0 bridgehead atoms. The number of phenols is 1. The zero-order valence-corrected chi connectivity index (χ0v) is 18.1. The van der Waals surface area contributed by atoms with Crippen LogP contribution in [-0.2, 0) is 13.1 Å². The van der Waals surface area contributed by atoms with E-state index in [9.17, 15) is 5.11 Å². The quantitative estimate of drug-likeness (QED) is 0.440. The molecule has 1 heterocycles. The average molecular weight is 422 g/mol. The van der Waals surface area contributed by atoms with E-state index >= 15 is 0 Å². The Hall–Kier alpha value is -2.43. The van der Waals surface area contributed by atoms with Gasteiger partial charge in [-0.3, -0.25) is 4.90 Å². The highest BCUT2D eigenvalue weighted by Crippen LogP contribution is 2.29. The molecule has 3 aromatic rings. The number of likely N-dealkylation sites (tertiary alicyclic amines) is 1. The lowest BCUT2D eigenvalue weighted by molar-refractivity contribution is 0.221. The van der Waals surface area contributed by atoms with E-state index < -0.39 is 0 Å². The molecule has 1 saturated heterocycles. The number of halogens is 1. The molecule has 1 unspecified atom stereocenters. The molecule has 30 heavy (non-hydrogen) atoms. The topological polar surface area (TPSA) is 48.2 Å². The van der Waals surface area contributed by atoms with E-state index in [0.717, 1.165) is 12.1 Å². The molecular weight excluding hydrogens is 394 g/mol. The number of fused-ring (bicyclic) bond motifs is 1. The standard InChI is InChI=1S/C25H28ClN3O/c1-18(19-11-12-25(30)24(26)15-19)28-27-16-20-9-10-21(17-29-13-5-2-6-14-29)23-8-4-3-7-22(20)23/h3-4,7-12,15,18,30H,2,5-6,13-14,16-17H2,1H3. The van der Waals surface area contributed by atoms with Gasteiger partial charge in [-0.2, -0.15) is 10.2 Å². The lowest BCUT2D eigenvalue weighted by Crippen LogP contribution is -2.29. The number of hydrogen-bond acceptors (Lipinski definition) is 4. The number of hydrogen-bond donors (Lipinski definition) is 1. The first kappa shape index (κ1) is 20.8. The molecule has 156 valence electrons. The third-order valence-corrected chi connectivity index (χ3v) is 6.20. The highest BCUT2D eigenvalue weighted by atomic mass is 35.5. The zero-order chi connectivity index (χ0) is 20.9. The van der Waals surface area contributed by atoms with E-state index in [1.54, 1.807) is 12.1 Å². The van der Waals surface area contributed by atoms with Crippen LogP contribution in [0.5, 0.6) is 5.75 Å². The van der Waals surface area contributed by atoms with Crippen LogP contribution in [0, 0.1) is 0 Å². The summed E-state index contributed by atoms with van der Waals surface area (Å²) in [6.07, 6.45) is 3.97. The summed E-state index contributed by atoms with van der Waals surface area (Å²) < 4.78 is 0. The summed E-state index contributed by atoms with van der Waals surface area (Å²) >= 11 is 6.01. The van der Waals surface area contributed by atoms with Crippen molar-refractivity contribution in [1.82, 2.24) is 4.90 Å². The fraction of sp³-hybridized carbons (Fsp3) is 0.360. The lowest BCUT2D eigenvalue weighted by atomic mass is 9.98. The van der Waals surface area contributed by atoms with Crippen molar-refractivity contribution in [2.24, 2.45) is 10.2 Å². The molecule has 3 aromatic carbocycles. The first-order valence-corrected chi connectivity index (χ1v) is 11.1. The minimum absolute atomic E-state index is 0.0840. The molecule has 1 N–H and O–H groups in total. The number of phenolic OH excluding ortho intramolecular Hbond substituents is 1. The number of nitrogens with zero attached hydrogens (tertiary/aromatic N) is 3. The van der Waals surface area contributed by atoms with Crippen molar-refractivity contribution in [1.29, 1.82) is 0 Å². The number of aromatic hydroxyl groups is 1. The molecule has 0 aliphatic carbocycles. The van der Waals surface area contributed by atoms with Gasteiger partial charge < -0.3 is 5.11 Å². The van der Waals surface area contributed by atoms with Crippen LogP contribution >= 0.6 is 11.6 Å². The molecule has 1 atom stereocenters. The molecular formula is C25H28ClN3O. The van der Waals surface area contributed by atoms with Gasteiger partial charge in [0.25, 0.3) is 0 Å². The summed E-state index contributed by atoms with van der Waals surface area (Å²) in [6, 6.07) is 18.1. The Bertz CT molecular complexity index is 1040. The Morgan fingerprint density at radius 3 is 2.40 bits per heavy atom. The fourth-order valence-electron chi connectivity index (χ4n) is 4.15. The maximum absolute atomic E-state index is 9.59. The Kier molecular flexibility index (Phi) is 6.66. The van der Waals surface area contributed by atoms with Crippen LogP contribution in [0.3, 0.4) is 0 Å². The molecule has 4 rings (SSSR count). The smallest absolute Gasteiger partial charge is 0.134 e. The predicted octanol–water partition coefficient (Wildman–Crippen LogP) is 6.90. The van der Waals surface area contributed by atoms with E-state index in [1.165, 1.54) is 54.3 Å². The molecule has 1 aliphatic rings. The van der Waals surface area contributed by atoms with Crippen LogP contribution in [0.2, 0.25) is 5.02 Å². The van der Waals surface area contributed by atoms with Crippen molar-refractivity contribution in [3.63, 3.8) is 0 Å². The number of rotatable bonds is 6. The normalized spacial score (nSPS) is 16.3. The van der Waals surface area contributed by atoms with E-state index in [0.29, 0.717) is 11.6 Å². The van der Waals surface area contributed by atoms with Crippen molar-refractivity contribution in [2.45, 2.75) is 45.3 Å². The second kappa shape index (κ2) is 9.59. The monoisotopic (exact) mass is 421 g/mol. The van der Waals surface area contributed by atoms with E-state index in [4.69, 9.17) is 11.6 Å². The van der Waals surface area contributed by atoms with Crippen molar-refractivity contribution in [2.75, 3.05) is 13.1 Å². The SMILES string of the molecule is CC(N=NCc1ccc(CN2CCCCC2)c2ccccc12)c1ccc(O)c(Cl)c1. The average Bonchev–Trinajstić information content (AvgIpc) is 2.77. The van der Waals surface area contributed by atoms with Gasteiger partial charge in [-0.1, -0.05) is 60.5 Å². The highest BCUT2D eigenvalue weighted by Gasteiger charge is 2.13. The van der Waals surface area contributed by atoms with Crippen LogP contribution in [-0.4, -0.2) is 23.1 Å². The molecule has 0 saturated carbocycles. The summed E-state index contributed by atoms with van der Waals surface area (Å²) in [6.45, 7) is 5.93. The van der Waals surface area contributed by atoms with Crippen LogP contribution in [0.15, 0.2) is 64.8 Å². The van der Waals surface area contributed by atoms with Crippen molar-refractivity contribution < 1.29 is 5.11 Å². The zero-order valence-electron chi connectivity index (χ0n) is 17.4. The van der Waals surface area contributed by atoms with Gasteiger partial charge in [0.15, 0.2) is 0 Å². The third-order valence-electron chi connectivity index (χ3n) is 5.90. The van der Waals surface area contributed by atoms with E-state index in [-0.39, 0.29) is 11.8 Å². The molecule has 5 heteroatoms.